The summed E-state index contributed by atoms with van der Waals surface area (Å²) in [6, 6.07) is 23.4. The van der Waals surface area contributed by atoms with Crippen LogP contribution in [0.1, 0.15) is 61.0 Å². The lowest BCUT2D eigenvalue weighted by Crippen LogP contribution is -2.47. The molecule has 1 fully saturated rings. The van der Waals surface area contributed by atoms with Gasteiger partial charge in [0.15, 0.2) is 0 Å². The molecule has 0 unspecified atom stereocenters. The van der Waals surface area contributed by atoms with Crippen molar-refractivity contribution in [3.05, 3.63) is 89.6 Å². The molecular formula is C35H41N5O3. The van der Waals surface area contributed by atoms with Crippen molar-refractivity contribution in [3.63, 3.8) is 0 Å². The molecule has 0 aliphatic carbocycles. The molecular weight excluding hydrogens is 538 g/mol. The number of pyridine rings is 1. The molecule has 1 spiro atoms. The Morgan fingerprint density at radius 3 is 2.40 bits per heavy atom. The van der Waals surface area contributed by atoms with Crippen LogP contribution in [0.4, 0.5) is 5.82 Å². The molecule has 2 aromatic carbocycles. The summed E-state index contributed by atoms with van der Waals surface area (Å²) >= 11 is 0. The number of piperidine rings is 1. The fourth-order valence-corrected chi connectivity index (χ4v) is 6.13. The first-order valence-electron chi connectivity index (χ1n) is 15.3. The number of rotatable bonds is 4. The number of carbonyl (C=O) groups is 2. The quantitative estimate of drug-likeness (QED) is 0.403. The molecule has 5 rings (SSSR count). The van der Waals surface area contributed by atoms with Crippen LogP contribution in [0.2, 0.25) is 0 Å². The Morgan fingerprint density at radius 2 is 1.70 bits per heavy atom. The SMILES string of the molecule is CC(C)C(=O)N1CCC2(CCCN(c3ccc(C#N)cn3)CCN(Cc3ccccc3)C(=O)c3ccccc3OC2)CC1. The number of aromatic nitrogens is 1. The highest BCUT2D eigenvalue weighted by Gasteiger charge is 2.37. The van der Waals surface area contributed by atoms with Crippen LogP contribution < -0.4 is 9.64 Å². The maximum Gasteiger partial charge on any atom is 0.257 e. The Kier molecular flexibility index (Phi) is 9.61. The fourth-order valence-electron chi connectivity index (χ4n) is 6.13. The molecule has 1 saturated heterocycles. The van der Waals surface area contributed by atoms with Crippen LogP contribution in [0, 0.1) is 22.7 Å². The normalized spacial score (nSPS) is 17.7. The van der Waals surface area contributed by atoms with Crippen molar-refractivity contribution >= 4 is 17.6 Å². The van der Waals surface area contributed by atoms with E-state index in [-0.39, 0.29) is 23.1 Å². The second kappa shape index (κ2) is 13.7. The zero-order chi connectivity index (χ0) is 30.2. The number of carbonyl (C=O) groups excluding carboxylic acids is 2. The van der Waals surface area contributed by atoms with Gasteiger partial charge in [-0.15, -0.1) is 0 Å². The summed E-state index contributed by atoms with van der Waals surface area (Å²) < 4.78 is 6.54. The Hall–Kier alpha value is -4.38. The first kappa shape index (κ1) is 30.1. The molecule has 43 heavy (non-hydrogen) atoms. The summed E-state index contributed by atoms with van der Waals surface area (Å²) in [5, 5.41) is 9.30. The average Bonchev–Trinajstić information content (AvgIpc) is 3.05. The fraction of sp³-hybridized carbons (Fsp3) is 0.429. The number of fused-ring (bicyclic) bond motifs is 1. The number of anilines is 1. The summed E-state index contributed by atoms with van der Waals surface area (Å²) in [5.41, 5.74) is 2.03. The van der Waals surface area contributed by atoms with Crippen molar-refractivity contribution in [2.24, 2.45) is 11.3 Å². The number of hydrogen-bond acceptors (Lipinski definition) is 6. The van der Waals surface area contributed by atoms with Gasteiger partial charge in [0.1, 0.15) is 17.6 Å². The second-order valence-electron chi connectivity index (χ2n) is 12.1. The average molecular weight is 580 g/mol. The van der Waals surface area contributed by atoms with Gasteiger partial charge in [-0.2, -0.15) is 5.26 Å². The van der Waals surface area contributed by atoms with E-state index in [0.29, 0.717) is 56.2 Å². The Bertz CT molecular complexity index is 1430. The summed E-state index contributed by atoms with van der Waals surface area (Å²) in [6.07, 6.45) is 5.18. The van der Waals surface area contributed by atoms with Crippen molar-refractivity contribution in [3.8, 4) is 11.8 Å². The molecule has 0 atom stereocenters. The standard InChI is InChI=1S/C35H41N5O3/c1-27(2)33(41)39-19-16-35(17-20-39)15-8-18-38(32-14-13-29(23-36)24-37-32)21-22-40(25-28-9-4-3-5-10-28)34(42)30-11-6-7-12-31(30)43-26-35/h3-7,9-14,24,27H,8,15-22,25-26H2,1-2H3. The van der Waals surface area contributed by atoms with Crippen molar-refractivity contribution in [2.75, 3.05) is 44.2 Å². The molecule has 0 radical (unpaired) electrons. The first-order valence-corrected chi connectivity index (χ1v) is 15.3. The molecule has 2 aliphatic rings. The van der Waals surface area contributed by atoms with Crippen molar-refractivity contribution in [1.29, 1.82) is 5.26 Å². The minimum absolute atomic E-state index is 0.0180. The summed E-state index contributed by atoms with van der Waals surface area (Å²) in [7, 11) is 0. The van der Waals surface area contributed by atoms with Gasteiger partial charge in [-0.1, -0.05) is 56.3 Å². The predicted molar refractivity (Wildman–Crippen MR) is 167 cm³/mol. The van der Waals surface area contributed by atoms with Gasteiger partial charge in [-0.05, 0) is 55.5 Å². The van der Waals surface area contributed by atoms with Gasteiger partial charge in [-0.25, -0.2) is 4.98 Å². The van der Waals surface area contributed by atoms with Crippen LogP contribution in [-0.2, 0) is 11.3 Å². The highest BCUT2D eigenvalue weighted by molar-refractivity contribution is 5.97. The van der Waals surface area contributed by atoms with E-state index in [9.17, 15) is 14.9 Å². The smallest absolute Gasteiger partial charge is 0.257 e. The molecule has 0 bridgehead atoms. The summed E-state index contributed by atoms with van der Waals surface area (Å²) in [4.78, 5) is 37.6. The van der Waals surface area contributed by atoms with E-state index in [2.05, 4.69) is 16.0 Å². The molecule has 3 heterocycles. The van der Waals surface area contributed by atoms with E-state index in [1.165, 1.54) is 0 Å². The molecule has 224 valence electrons. The largest absolute Gasteiger partial charge is 0.492 e. The molecule has 8 nitrogen and oxygen atoms in total. The van der Waals surface area contributed by atoms with E-state index in [0.717, 1.165) is 43.6 Å². The third-order valence-electron chi connectivity index (χ3n) is 8.76. The van der Waals surface area contributed by atoms with Gasteiger partial charge < -0.3 is 19.4 Å². The molecule has 1 aromatic heterocycles. The highest BCUT2D eigenvalue weighted by Crippen LogP contribution is 2.38. The number of likely N-dealkylation sites (tertiary alicyclic amines) is 1. The van der Waals surface area contributed by atoms with E-state index in [4.69, 9.17) is 4.74 Å². The number of nitriles is 1. The highest BCUT2D eigenvalue weighted by atomic mass is 16.5. The lowest BCUT2D eigenvalue weighted by molar-refractivity contribution is -0.137. The minimum Gasteiger partial charge on any atom is -0.492 e. The topological polar surface area (TPSA) is 89.8 Å². The van der Waals surface area contributed by atoms with Crippen molar-refractivity contribution in [2.45, 2.75) is 46.1 Å². The van der Waals surface area contributed by atoms with Gasteiger partial charge in [0.2, 0.25) is 5.91 Å². The van der Waals surface area contributed by atoms with Crippen LogP contribution in [0.15, 0.2) is 72.9 Å². The summed E-state index contributed by atoms with van der Waals surface area (Å²) in [6.45, 7) is 8.17. The Morgan fingerprint density at radius 1 is 0.953 bits per heavy atom. The number of nitrogens with zero attached hydrogens (tertiary/aromatic N) is 5. The van der Waals surface area contributed by atoms with Crippen LogP contribution >= 0.6 is 0 Å². The maximum absolute atomic E-state index is 14.2. The number of para-hydroxylation sites is 1. The van der Waals surface area contributed by atoms with Crippen LogP contribution in [-0.4, -0.2) is 65.9 Å². The van der Waals surface area contributed by atoms with Crippen LogP contribution in [0.25, 0.3) is 0 Å². The van der Waals surface area contributed by atoms with E-state index in [1.54, 1.807) is 12.3 Å². The monoisotopic (exact) mass is 579 g/mol. The third-order valence-corrected chi connectivity index (χ3v) is 8.76. The van der Waals surface area contributed by atoms with Crippen molar-refractivity contribution < 1.29 is 14.3 Å². The third kappa shape index (κ3) is 7.34. The first-order chi connectivity index (χ1) is 20.9. The Labute approximate surface area is 254 Å². The van der Waals surface area contributed by atoms with Gasteiger partial charge in [0.25, 0.3) is 5.91 Å². The molecule has 8 heteroatoms. The number of hydrogen-bond donors (Lipinski definition) is 0. The predicted octanol–water partition coefficient (Wildman–Crippen LogP) is 5.54. The zero-order valence-corrected chi connectivity index (χ0v) is 25.2. The van der Waals surface area contributed by atoms with E-state index < -0.39 is 0 Å². The van der Waals surface area contributed by atoms with Crippen LogP contribution in [0.5, 0.6) is 5.75 Å². The second-order valence-corrected chi connectivity index (χ2v) is 12.1. The maximum atomic E-state index is 14.2. The summed E-state index contributed by atoms with van der Waals surface area (Å²) in [5.74, 6) is 1.51. The molecule has 0 N–H and O–H groups in total. The number of benzene rings is 2. The van der Waals surface area contributed by atoms with Gasteiger partial charge in [-0.3, -0.25) is 9.59 Å². The lowest BCUT2D eigenvalue weighted by atomic mass is 9.75. The molecule has 0 saturated carbocycles. The van der Waals surface area contributed by atoms with Gasteiger partial charge in [0, 0.05) is 56.8 Å². The van der Waals surface area contributed by atoms with Crippen LogP contribution in [0.3, 0.4) is 0 Å². The number of ether oxygens (including phenoxy) is 1. The molecule has 2 aliphatic heterocycles. The van der Waals surface area contributed by atoms with Crippen molar-refractivity contribution in [1.82, 2.24) is 14.8 Å². The van der Waals surface area contributed by atoms with Gasteiger partial charge >= 0.3 is 0 Å². The lowest BCUT2D eigenvalue weighted by Gasteiger charge is -2.42. The van der Waals surface area contributed by atoms with Gasteiger partial charge in [0.05, 0.1) is 17.7 Å². The minimum atomic E-state index is -0.106. The number of amides is 2. The van der Waals surface area contributed by atoms with E-state index >= 15 is 0 Å². The Balaban J connectivity index is 1.46. The molecule has 3 aromatic rings. The zero-order valence-electron chi connectivity index (χ0n) is 25.2. The molecule has 2 amide bonds. The van der Waals surface area contributed by atoms with E-state index in [1.807, 2.05) is 84.3 Å².